The molecule has 4 aliphatic carbocycles. The quantitative estimate of drug-likeness (QED) is 0.500. The third-order valence-corrected chi connectivity index (χ3v) is 9.35. The highest BCUT2D eigenvalue weighted by Gasteiger charge is 2.67. The van der Waals surface area contributed by atoms with E-state index in [1.165, 1.54) is 12.5 Å². The second-order valence-corrected chi connectivity index (χ2v) is 10.7. The molecule has 0 aliphatic heterocycles. The zero-order valence-electron chi connectivity index (χ0n) is 19.6. The first-order valence-electron chi connectivity index (χ1n) is 11.9. The predicted octanol–water partition coefficient (Wildman–Crippen LogP) is 4.30. The van der Waals surface area contributed by atoms with Crippen LogP contribution < -0.4 is 0 Å². The Morgan fingerprint density at radius 3 is 2.44 bits per heavy atom. The van der Waals surface area contributed by atoms with E-state index in [1.54, 1.807) is 6.92 Å². The van der Waals surface area contributed by atoms with Crippen molar-refractivity contribution in [2.24, 2.45) is 33.7 Å². The van der Waals surface area contributed by atoms with E-state index in [2.05, 4.69) is 25.1 Å². The van der Waals surface area contributed by atoms with Crippen molar-refractivity contribution in [3.8, 4) is 0 Å². The molecule has 4 rings (SSSR count). The van der Waals surface area contributed by atoms with Gasteiger partial charge in [0.1, 0.15) is 0 Å². The molecule has 7 nitrogen and oxygen atoms in total. The minimum Gasteiger partial charge on any atom is -0.479 e. The molecule has 176 valence electrons. The van der Waals surface area contributed by atoms with Gasteiger partial charge in [0.05, 0.1) is 5.71 Å². The topological polar surface area (TPSA) is 102 Å². The predicted molar refractivity (Wildman–Crippen MR) is 118 cm³/mol. The molecule has 4 aliphatic rings. The number of carbonyl (C=O) groups excluding carboxylic acids is 2. The van der Waals surface area contributed by atoms with Gasteiger partial charge in [-0.3, -0.25) is 9.59 Å². The molecule has 0 aromatic carbocycles. The number of esters is 1. The Labute approximate surface area is 189 Å². The van der Waals surface area contributed by atoms with E-state index in [-0.39, 0.29) is 22.6 Å². The van der Waals surface area contributed by atoms with Crippen molar-refractivity contribution in [1.82, 2.24) is 0 Å². The second kappa shape index (κ2) is 7.99. The number of ketones is 1. The molecule has 0 heterocycles. The van der Waals surface area contributed by atoms with Crippen LogP contribution in [0.1, 0.15) is 79.1 Å². The van der Waals surface area contributed by atoms with E-state index in [0.717, 1.165) is 50.7 Å². The summed E-state index contributed by atoms with van der Waals surface area (Å²) >= 11 is 0. The Morgan fingerprint density at radius 2 is 1.78 bits per heavy atom. The molecule has 32 heavy (non-hydrogen) atoms. The molecule has 3 fully saturated rings. The molecular weight excluding hydrogens is 410 g/mol. The van der Waals surface area contributed by atoms with Gasteiger partial charge < -0.3 is 14.7 Å². The maximum atomic E-state index is 12.8. The number of carboxylic acids is 1. The van der Waals surface area contributed by atoms with E-state index < -0.39 is 18.2 Å². The van der Waals surface area contributed by atoms with Crippen LogP contribution in [0.4, 0.5) is 0 Å². The highest BCUT2D eigenvalue weighted by molar-refractivity contribution is 5.96. The van der Waals surface area contributed by atoms with Gasteiger partial charge >= 0.3 is 11.9 Å². The second-order valence-electron chi connectivity index (χ2n) is 10.7. The van der Waals surface area contributed by atoms with Crippen molar-refractivity contribution in [2.45, 2.75) is 84.7 Å². The highest BCUT2D eigenvalue weighted by Crippen LogP contribution is 2.68. The summed E-state index contributed by atoms with van der Waals surface area (Å²) in [5, 5.41) is 12.8. The summed E-state index contributed by atoms with van der Waals surface area (Å²) in [7, 11) is 0. The molecule has 6 atom stereocenters. The van der Waals surface area contributed by atoms with E-state index in [4.69, 9.17) is 14.7 Å². The van der Waals surface area contributed by atoms with E-state index >= 15 is 0 Å². The molecule has 0 aromatic rings. The number of aliphatic carboxylic acids is 1. The highest BCUT2D eigenvalue weighted by atomic mass is 16.6. The number of carbonyl (C=O) groups is 3. The van der Waals surface area contributed by atoms with Gasteiger partial charge in [0.15, 0.2) is 11.4 Å². The third-order valence-electron chi connectivity index (χ3n) is 9.35. The Morgan fingerprint density at radius 1 is 1.06 bits per heavy atom. The first-order chi connectivity index (χ1) is 15.0. The van der Waals surface area contributed by atoms with Crippen molar-refractivity contribution in [3.05, 3.63) is 11.6 Å². The lowest BCUT2D eigenvalue weighted by molar-refractivity contribution is -0.187. The average molecular weight is 446 g/mol. The normalized spacial score (nSPS) is 41.7. The molecule has 0 radical (unpaired) electrons. The number of rotatable bonds is 5. The van der Waals surface area contributed by atoms with Crippen molar-refractivity contribution in [1.29, 1.82) is 0 Å². The third kappa shape index (κ3) is 3.39. The van der Waals surface area contributed by atoms with Crippen LogP contribution in [0.25, 0.3) is 0 Å². The van der Waals surface area contributed by atoms with Crippen LogP contribution in [-0.4, -0.2) is 40.7 Å². The first-order valence-corrected chi connectivity index (χ1v) is 11.9. The number of fused-ring (bicyclic) bond motifs is 5. The van der Waals surface area contributed by atoms with Crippen molar-refractivity contribution >= 4 is 23.4 Å². The SMILES string of the molecule is CC(=O)O[C@]1(C(C)=O)CC[C@@H]2[C@@H]3CCC4=CC(=NOCC(=O)O)CC[C@]4(C)[C@H]3CC[C@@]21C. The number of Topliss-reactive ketones (excluding diaryl/α,β-unsaturated/α-hetero) is 1. The largest absolute Gasteiger partial charge is 0.479 e. The summed E-state index contributed by atoms with van der Waals surface area (Å²) in [6, 6.07) is 0. The van der Waals surface area contributed by atoms with Gasteiger partial charge in [0, 0.05) is 12.3 Å². The molecule has 0 unspecified atom stereocenters. The van der Waals surface area contributed by atoms with Crippen LogP contribution >= 0.6 is 0 Å². The van der Waals surface area contributed by atoms with Crippen molar-refractivity contribution in [2.75, 3.05) is 6.61 Å². The average Bonchev–Trinajstić information content (AvgIpc) is 3.01. The molecule has 0 saturated heterocycles. The van der Waals surface area contributed by atoms with E-state index in [0.29, 0.717) is 24.2 Å². The Bertz CT molecular complexity index is 893. The van der Waals surface area contributed by atoms with Gasteiger partial charge in [0.2, 0.25) is 6.61 Å². The minimum atomic E-state index is -1.03. The molecule has 0 amide bonds. The molecular formula is C25H35NO6. The fourth-order valence-electron chi connectivity index (χ4n) is 7.87. The molecule has 1 N–H and O–H groups in total. The van der Waals surface area contributed by atoms with Gasteiger partial charge in [0.25, 0.3) is 0 Å². The van der Waals surface area contributed by atoms with E-state index in [1.807, 2.05) is 0 Å². The zero-order chi connectivity index (χ0) is 23.3. The lowest BCUT2D eigenvalue weighted by Crippen LogP contribution is -2.58. The number of ether oxygens (including phenoxy) is 1. The minimum absolute atomic E-state index is 0.0152. The molecule has 3 saturated carbocycles. The van der Waals surface area contributed by atoms with Gasteiger partial charge in [-0.25, -0.2) is 4.79 Å². The summed E-state index contributed by atoms with van der Waals surface area (Å²) < 4.78 is 5.84. The van der Waals surface area contributed by atoms with Gasteiger partial charge in [-0.1, -0.05) is 24.6 Å². The maximum Gasteiger partial charge on any atom is 0.344 e. The Kier molecular flexibility index (Phi) is 5.74. The summed E-state index contributed by atoms with van der Waals surface area (Å²) in [4.78, 5) is 40.4. The van der Waals surface area contributed by atoms with Gasteiger partial charge in [-0.2, -0.15) is 0 Å². The number of oxime groups is 1. The Balaban J connectivity index is 1.59. The summed E-state index contributed by atoms with van der Waals surface area (Å²) in [6.45, 7) is 7.12. The number of allylic oxidation sites excluding steroid dienone is 2. The van der Waals surface area contributed by atoms with Crippen LogP contribution in [0.3, 0.4) is 0 Å². The molecule has 0 spiro atoms. The number of carboxylic acid groups (broad SMARTS) is 1. The number of hydrogen-bond donors (Lipinski definition) is 1. The zero-order valence-corrected chi connectivity index (χ0v) is 19.6. The Hall–Kier alpha value is -2.18. The standard InChI is InChI=1S/C25H35NO6/c1-15(27)25(32-16(2)28)12-9-21-19-6-5-17-13-18(26-31-14-22(29)30)7-10-23(17,3)20(19)8-11-24(21,25)4/h13,19-21H,5-12,14H2,1-4H3,(H,29,30)/t19-,20+,21-,23+,24+,25+/m1/s1. The van der Waals surface area contributed by atoms with Crippen LogP contribution in [-0.2, 0) is 24.0 Å². The van der Waals surface area contributed by atoms with Crippen LogP contribution in [0.2, 0.25) is 0 Å². The molecule has 7 heteroatoms. The lowest BCUT2D eigenvalue weighted by Gasteiger charge is -2.59. The smallest absolute Gasteiger partial charge is 0.344 e. The van der Waals surface area contributed by atoms with Crippen molar-refractivity contribution < 1.29 is 29.1 Å². The lowest BCUT2D eigenvalue weighted by atomic mass is 9.46. The monoisotopic (exact) mass is 445 g/mol. The molecule has 0 aromatic heterocycles. The van der Waals surface area contributed by atoms with Crippen LogP contribution in [0.5, 0.6) is 0 Å². The van der Waals surface area contributed by atoms with Crippen molar-refractivity contribution in [3.63, 3.8) is 0 Å². The summed E-state index contributed by atoms with van der Waals surface area (Å²) in [5.74, 6) is 0.00154. The number of hydrogen-bond acceptors (Lipinski definition) is 6. The number of nitrogens with zero attached hydrogens (tertiary/aromatic N) is 1. The van der Waals surface area contributed by atoms with Gasteiger partial charge in [-0.15, -0.1) is 0 Å². The first kappa shape index (κ1) is 23.0. The van der Waals surface area contributed by atoms with Crippen LogP contribution in [0, 0.1) is 28.6 Å². The summed E-state index contributed by atoms with van der Waals surface area (Å²) in [6.07, 6.45) is 9.37. The van der Waals surface area contributed by atoms with Gasteiger partial charge in [-0.05, 0) is 87.5 Å². The van der Waals surface area contributed by atoms with Crippen LogP contribution in [0.15, 0.2) is 16.8 Å². The maximum absolute atomic E-state index is 12.8. The summed E-state index contributed by atoms with van der Waals surface area (Å²) in [5.41, 5.74) is 0.999. The fraction of sp³-hybridized carbons (Fsp3) is 0.760. The molecule has 0 bridgehead atoms. The fourth-order valence-corrected chi connectivity index (χ4v) is 7.87. The van der Waals surface area contributed by atoms with E-state index in [9.17, 15) is 14.4 Å².